The van der Waals surface area contributed by atoms with E-state index in [1.807, 2.05) is 24.3 Å². The summed E-state index contributed by atoms with van der Waals surface area (Å²) < 4.78 is 10.5. The highest BCUT2D eigenvalue weighted by Crippen LogP contribution is 2.21. The van der Waals surface area contributed by atoms with Crippen LogP contribution >= 0.6 is 27.7 Å². The number of hydrogen-bond donors (Lipinski definition) is 2. The van der Waals surface area contributed by atoms with E-state index in [1.54, 1.807) is 19.9 Å². The quantitative estimate of drug-likeness (QED) is 0.526. The van der Waals surface area contributed by atoms with Gasteiger partial charge in [0.25, 0.3) is 0 Å². The minimum Gasteiger partial charge on any atom is -0.469 e. The van der Waals surface area contributed by atoms with E-state index in [-0.39, 0.29) is 24.0 Å². The van der Waals surface area contributed by atoms with Gasteiger partial charge in [-0.15, -0.1) is 11.8 Å². The van der Waals surface area contributed by atoms with Crippen LogP contribution in [0.3, 0.4) is 0 Å². The first-order valence-electron chi connectivity index (χ1n) is 8.76. The van der Waals surface area contributed by atoms with Crippen LogP contribution in [0, 0.1) is 6.92 Å². The van der Waals surface area contributed by atoms with Gasteiger partial charge in [0.15, 0.2) is 5.82 Å². The number of anilines is 1. The summed E-state index contributed by atoms with van der Waals surface area (Å²) in [6, 6.07) is 8.39. The Kier molecular flexibility index (Phi) is 8.71. The molecule has 2 atom stereocenters. The van der Waals surface area contributed by atoms with Crippen molar-refractivity contribution in [1.29, 1.82) is 0 Å². The minimum absolute atomic E-state index is 0.0100. The second-order valence-electron chi connectivity index (χ2n) is 6.22. The Hall–Kier alpha value is -2.33. The first kappa shape index (κ1) is 23.0. The number of carbonyl (C=O) groups is 3. The molecule has 0 spiro atoms. The lowest BCUT2D eigenvalue weighted by Crippen LogP contribution is -2.33. The number of carbonyl (C=O) groups excluding carboxylic acids is 3. The molecule has 0 aliphatic heterocycles. The van der Waals surface area contributed by atoms with Crippen LogP contribution in [0.4, 0.5) is 5.82 Å². The van der Waals surface area contributed by atoms with Crippen molar-refractivity contribution in [2.45, 2.75) is 31.6 Å². The molecule has 2 unspecified atom stereocenters. The van der Waals surface area contributed by atoms with Gasteiger partial charge in [0, 0.05) is 10.5 Å². The summed E-state index contributed by atoms with van der Waals surface area (Å²) in [5.41, 5.74) is 0.782. The molecule has 2 rings (SSSR count). The van der Waals surface area contributed by atoms with Crippen molar-refractivity contribution in [1.82, 2.24) is 10.5 Å². The third-order valence-electron chi connectivity index (χ3n) is 3.92. The average Bonchev–Trinajstić information content (AvgIpc) is 3.10. The molecule has 0 aliphatic carbocycles. The maximum atomic E-state index is 12.4. The van der Waals surface area contributed by atoms with E-state index in [1.165, 1.54) is 18.9 Å². The molecule has 2 amide bonds. The molecule has 1 aromatic heterocycles. The number of nitrogens with zero attached hydrogens (tertiary/aromatic N) is 1. The highest BCUT2D eigenvalue weighted by molar-refractivity contribution is 9.10. The number of ether oxygens (including phenoxy) is 1. The molecule has 0 saturated heterocycles. The number of thioether (sulfide) groups is 1. The standard InChI is InChI=1S/C19H22BrN3O5S/c1-11-8-16(23-28-11)22-19(26)12(2)29-10-17(24)21-15(9-18(25)27-3)13-4-6-14(20)7-5-13/h4-8,12,15H,9-10H2,1-3H3,(H,21,24)(H,22,23,26). The third kappa shape index (κ3) is 7.54. The second kappa shape index (κ2) is 11.0. The van der Waals surface area contributed by atoms with E-state index in [0.29, 0.717) is 11.6 Å². The van der Waals surface area contributed by atoms with E-state index < -0.39 is 17.3 Å². The van der Waals surface area contributed by atoms with Crippen molar-refractivity contribution < 1.29 is 23.6 Å². The molecule has 1 aromatic carbocycles. The summed E-state index contributed by atoms with van der Waals surface area (Å²) in [6.07, 6.45) is 0.0100. The molecule has 2 aromatic rings. The smallest absolute Gasteiger partial charge is 0.307 e. The molecule has 0 bridgehead atoms. The Morgan fingerprint density at radius 1 is 1.28 bits per heavy atom. The summed E-state index contributed by atoms with van der Waals surface area (Å²) in [4.78, 5) is 36.3. The van der Waals surface area contributed by atoms with Crippen molar-refractivity contribution in [3.05, 3.63) is 46.1 Å². The fourth-order valence-corrected chi connectivity index (χ4v) is 3.32. The van der Waals surface area contributed by atoms with E-state index in [0.717, 1.165) is 10.0 Å². The number of rotatable bonds is 9. The summed E-state index contributed by atoms with van der Waals surface area (Å²) in [5.74, 6) is -0.0246. The number of amides is 2. The van der Waals surface area contributed by atoms with Crippen molar-refractivity contribution in [2.75, 3.05) is 18.2 Å². The van der Waals surface area contributed by atoms with Crippen LogP contribution in [0.1, 0.15) is 30.7 Å². The van der Waals surface area contributed by atoms with Crippen LogP contribution in [0.2, 0.25) is 0 Å². The lowest BCUT2D eigenvalue weighted by molar-refractivity contribution is -0.141. The number of aryl methyl sites for hydroxylation is 1. The first-order chi connectivity index (χ1) is 13.8. The van der Waals surface area contributed by atoms with E-state index in [9.17, 15) is 14.4 Å². The van der Waals surface area contributed by atoms with E-state index in [4.69, 9.17) is 9.26 Å². The molecule has 0 aliphatic rings. The molecule has 10 heteroatoms. The summed E-state index contributed by atoms with van der Waals surface area (Å²) in [6.45, 7) is 3.42. The van der Waals surface area contributed by atoms with Gasteiger partial charge in [-0.3, -0.25) is 14.4 Å². The van der Waals surface area contributed by atoms with Crippen molar-refractivity contribution in [3.8, 4) is 0 Å². The fraction of sp³-hybridized carbons (Fsp3) is 0.368. The van der Waals surface area contributed by atoms with Crippen molar-refractivity contribution >= 4 is 51.3 Å². The lowest BCUT2D eigenvalue weighted by Gasteiger charge is -2.19. The molecule has 8 nitrogen and oxygen atoms in total. The van der Waals surface area contributed by atoms with Crippen molar-refractivity contribution in [2.24, 2.45) is 0 Å². The molecule has 2 N–H and O–H groups in total. The third-order valence-corrected chi connectivity index (χ3v) is 5.59. The number of esters is 1. The zero-order valence-electron chi connectivity index (χ0n) is 16.2. The van der Waals surface area contributed by atoms with Gasteiger partial charge in [0.05, 0.1) is 30.6 Å². The molecule has 156 valence electrons. The van der Waals surface area contributed by atoms with Crippen LogP contribution < -0.4 is 10.6 Å². The van der Waals surface area contributed by atoms with Gasteiger partial charge in [0.1, 0.15) is 5.76 Å². The summed E-state index contributed by atoms with van der Waals surface area (Å²) in [7, 11) is 1.30. The number of benzene rings is 1. The highest BCUT2D eigenvalue weighted by atomic mass is 79.9. The van der Waals surface area contributed by atoms with Crippen molar-refractivity contribution in [3.63, 3.8) is 0 Å². The van der Waals surface area contributed by atoms with Gasteiger partial charge in [-0.2, -0.15) is 0 Å². The monoisotopic (exact) mass is 483 g/mol. The zero-order valence-corrected chi connectivity index (χ0v) is 18.6. The van der Waals surface area contributed by atoms with Gasteiger partial charge in [-0.05, 0) is 31.5 Å². The van der Waals surface area contributed by atoms with E-state index >= 15 is 0 Å². The van der Waals surface area contributed by atoms with Gasteiger partial charge < -0.3 is 19.9 Å². The van der Waals surface area contributed by atoms with Crippen LogP contribution in [0.15, 0.2) is 39.3 Å². The maximum Gasteiger partial charge on any atom is 0.307 e. The fourth-order valence-electron chi connectivity index (χ4n) is 2.36. The predicted molar refractivity (Wildman–Crippen MR) is 113 cm³/mol. The summed E-state index contributed by atoms with van der Waals surface area (Å²) >= 11 is 4.54. The minimum atomic E-state index is -0.522. The predicted octanol–water partition coefficient (Wildman–Crippen LogP) is 3.23. The molecule has 1 heterocycles. The Bertz CT molecular complexity index is 856. The largest absolute Gasteiger partial charge is 0.469 e. The molecule has 0 radical (unpaired) electrons. The Morgan fingerprint density at radius 3 is 2.55 bits per heavy atom. The number of halogens is 1. The van der Waals surface area contributed by atoms with E-state index in [2.05, 4.69) is 31.7 Å². The van der Waals surface area contributed by atoms with Gasteiger partial charge in [-0.25, -0.2) is 0 Å². The number of hydrogen-bond acceptors (Lipinski definition) is 7. The zero-order chi connectivity index (χ0) is 21.4. The molecular weight excluding hydrogens is 462 g/mol. The van der Waals surface area contributed by atoms with Crippen LogP contribution in [0.5, 0.6) is 0 Å². The topological polar surface area (TPSA) is 111 Å². The van der Waals surface area contributed by atoms with Crippen LogP contribution in [-0.2, 0) is 19.1 Å². The lowest BCUT2D eigenvalue weighted by atomic mass is 10.0. The molecule has 0 fully saturated rings. The van der Waals surface area contributed by atoms with Crippen LogP contribution in [-0.4, -0.2) is 41.1 Å². The highest BCUT2D eigenvalue weighted by Gasteiger charge is 2.21. The Morgan fingerprint density at radius 2 is 1.97 bits per heavy atom. The van der Waals surface area contributed by atoms with Gasteiger partial charge in [0.2, 0.25) is 11.8 Å². The Labute approximate surface area is 181 Å². The molecule has 0 saturated carbocycles. The molecule has 29 heavy (non-hydrogen) atoms. The number of nitrogens with one attached hydrogen (secondary N) is 2. The normalized spacial score (nSPS) is 12.7. The van der Waals surface area contributed by atoms with Gasteiger partial charge in [-0.1, -0.05) is 33.2 Å². The first-order valence-corrected chi connectivity index (χ1v) is 10.6. The molecular formula is C19H22BrN3O5S. The Balaban J connectivity index is 1.90. The van der Waals surface area contributed by atoms with Crippen LogP contribution in [0.25, 0.3) is 0 Å². The number of methoxy groups -OCH3 is 1. The average molecular weight is 484 g/mol. The summed E-state index contributed by atoms with van der Waals surface area (Å²) in [5, 5.41) is 8.68. The van der Waals surface area contributed by atoms with Gasteiger partial charge >= 0.3 is 5.97 Å². The second-order valence-corrected chi connectivity index (χ2v) is 8.46. The SMILES string of the molecule is COC(=O)CC(NC(=O)CSC(C)C(=O)Nc1cc(C)on1)c1ccc(Br)cc1. The maximum absolute atomic E-state index is 12.4. The number of aromatic nitrogens is 1.